The minimum Gasteiger partial charge on any atom is -0.455 e. The number of furan rings is 2. The van der Waals surface area contributed by atoms with Crippen LogP contribution in [-0.4, -0.2) is 48.2 Å². The van der Waals surface area contributed by atoms with Crippen molar-refractivity contribution in [1.29, 1.82) is 0 Å². The van der Waals surface area contributed by atoms with Gasteiger partial charge in [0.25, 0.3) is 0 Å². The third kappa shape index (κ3) is 11.7. The van der Waals surface area contributed by atoms with E-state index in [1.807, 2.05) is 146 Å². The molecule has 4 aliphatic carbocycles. The molecule has 1 saturated heterocycles. The van der Waals surface area contributed by atoms with E-state index in [9.17, 15) is 0 Å². The molecule has 0 bridgehead atoms. The summed E-state index contributed by atoms with van der Waals surface area (Å²) in [5, 5.41) is 4.90. The van der Waals surface area contributed by atoms with Crippen LogP contribution in [-0.2, 0) is 20.1 Å². The van der Waals surface area contributed by atoms with Crippen molar-refractivity contribution in [3.63, 3.8) is 0 Å². The minimum atomic E-state index is -0.303. The highest BCUT2D eigenvalue weighted by molar-refractivity contribution is 6.62. The molecule has 4 aromatic heterocycles. The summed E-state index contributed by atoms with van der Waals surface area (Å²) in [4.78, 5) is 29.5. The first-order valence-corrected chi connectivity index (χ1v) is 38.4. The Hall–Kier alpha value is -11.5. The zero-order valence-electron chi connectivity index (χ0n) is 60.9. The topological polar surface area (TPSA) is 122 Å². The highest BCUT2D eigenvalue weighted by atomic mass is 35.5. The maximum Gasteiger partial charge on any atom is 0.494 e. The highest BCUT2D eigenvalue weighted by Gasteiger charge is 2.53. The zero-order valence-corrected chi connectivity index (χ0v) is 61.7. The smallest absolute Gasteiger partial charge is 0.455 e. The quantitative estimate of drug-likeness (QED) is 0.136. The Morgan fingerprint density at radius 2 is 0.639 bits per heavy atom. The van der Waals surface area contributed by atoms with Crippen molar-refractivity contribution in [1.82, 2.24) is 29.9 Å². The number of para-hydroxylation sites is 4. The summed E-state index contributed by atoms with van der Waals surface area (Å²) in [5.41, 5.74) is 23.6. The monoisotopic (exact) mass is 1420 g/mol. The van der Waals surface area contributed by atoms with Gasteiger partial charge in [-0.3, -0.25) is 0 Å². The zero-order chi connectivity index (χ0) is 72.7. The molecule has 10 nitrogen and oxygen atoms in total. The van der Waals surface area contributed by atoms with Gasteiger partial charge in [-0.25, -0.2) is 29.9 Å². The van der Waals surface area contributed by atoms with Crippen LogP contribution >= 0.6 is 11.6 Å². The van der Waals surface area contributed by atoms with Crippen molar-refractivity contribution in [3.8, 4) is 102 Å². The molecule has 0 amide bonds. The summed E-state index contributed by atoms with van der Waals surface area (Å²) in [6.07, 6.45) is 12.9. The standard InChI is InChI=1S/C45H33N3O.C27H16ClN3O.C24H29BO2/c1-3-12-30(13-4-1)42-46-43(48-44(47-42)37-17-11-16-36-35-15-6-8-19-40(35)49-41(36)37)31-22-20-29(21-23-31)32-24-25-34-33-14-5-7-18-38(33)45(39(34)28-32)26-9-2-10-27-45;28-19-15-13-18(14-16-19)26-29-25(17-7-2-1-3-8-17)30-27(31-26)22-11-6-10-21-20-9-4-5-12-23(20)32-24(21)22;1-22(2)23(3,4)27-25(26-22)17-12-13-19-18-10-6-7-11-20(18)24(21(19)16-17)14-8-5-9-15-24/h1,3-8,11-25,28H,2,9-10,26-27H2;1-16H;6-7,10-13,16H,5,8-9,14-15H2,1-4H3. The summed E-state index contributed by atoms with van der Waals surface area (Å²) in [6.45, 7) is 8.50. The van der Waals surface area contributed by atoms with Gasteiger partial charge < -0.3 is 18.1 Å². The predicted octanol–water partition coefficient (Wildman–Crippen LogP) is 24.3. The van der Waals surface area contributed by atoms with Crippen LogP contribution in [0, 0.1) is 0 Å². The molecule has 21 rings (SSSR count). The van der Waals surface area contributed by atoms with Crippen molar-refractivity contribution in [2.75, 3.05) is 0 Å². The molecular weight excluding hydrogens is 1350 g/mol. The fourth-order valence-corrected chi connectivity index (χ4v) is 17.7. The summed E-state index contributed by atoms with van der Waals surface area (Å²) >= 11 is 6.09. The number of nitrogens with zero attached hydrogens (tertiary/aromatic N) is 6. The van der Waals surface area contributed by atoms with E-state index in [1.54, 1.807) is 0 Å². The van der Waals surface area contributed by atoms with Crippen molar-refractivity contribution >= 4 is 68.1 Å². The average Bonchev–Trinajstić information content (AvgIpc) is 1.56. The van der Waals surface area contributed by atoms with Gasteiger partial charge in [0.1, 0.15) is 22.3 Å². The molecule has 12 aromatic carbocycles. The van der Waals surface area contributed by atoms with Crippen molar-refractivity contribution in [3.05, 3.63) is 306 Å². The first kappa shape index (κ1) is 67.2. The van der Waals surface area contributed by atoms with Crippen molar-refractivity contribution in [2.24, 2.45) is 0 Å². The fourth-order valence-electron chi connectivity index (χ4n) is 17.6. The number of aromatic nitrogens is 6. The van der Waals surface area contributed by atoms with Gasteiger partial charge in [0, 0.05) is 59.7 Å². The van der Waals surface area contributed by atoms with E-state index in [4.69, 9.17) is 59.6 Å². The number of rotatable bonds is 8. The molecule has 1 aliphatic heterocycles. The summed E-state index contributed by atoms with van der Waals surface area (Å²) in [5.74, 6) is 3.61. The second-order valence-electron chi connectivity index (χ2n) is 30.5. The molecule has 0 atom stereocenters. The lowest BCUT2D eigenvalue weighted by molar-refractivity contribution is 0.00578. The van der Waals surface area contributed by atoms with Crippen LogP contribution in [0.4, 0.5) is 0 Å². The molecule has 5 heterocycles. The van der Waals surface area contributed by atoms with Gasteiger partial charge in [-0.05, 0) is 169 Å². The van der Waals surface area contributed by atoms with Gasteiger partial charge >= 0.3 is 7.12 Å². The third-order valence-electron chi connectivity index (χ3n) is 23.7. The van der Waals surface area contributed by atoms with E-state index in [0.717, 1.165) is 82.7 Å². The fraction of sp³-hybridized carbons (Fsp3) is 0.188. The second kappa shape index (κ2) is 27.1. The van der Waals surface area contributed by atoms with Gasteiger partial charge in [-0.1, -0.05) is 275 Å². The lowest BCUT2D eigenvalue weighted by atomic mass is 9.66. The van der Waals surface area contributed by atoms with Crippen LogP contribution in [0.2, 0.25) is 5.02 Å². The molecule has 0 unspecified atom stereocenters. The molecule has 5 aliphatic rings. The number of benzene rings is 12. The van der Waals surface area contributed by atoms with E-state index in [-0.39, 0.29) is 29.2 Å². The van der Waals surface area contributed by atoms with E-state index in [0.29, 0.717) is 40.0 Å². The van der Waals surface area contributed by atoms with E-state index < -0.39 is 0 Å². The van der Waals surface area contributed by atoms with Gasteiger partial charge in [0.15, 0.2) is 34.9 Å². The Labute approximate surface area is 634 Å². The SMILES string of the molecule is CC1(C)OB(c2ccc3c(c2)C2(CCCCC2)c2ccccc2-3)OC1(C)C.Clc1ccc(-c2nc(-c3ccccc3)nc(-c3cccc4c3oc3ccccc34)n2)cc1.c1ccc(-c2nc(-c3ccc(-c4ccc5c(c4)C4(CCCCC4)c4ccccc4-5)cc3)nc(-c3cccc4c3oc3ccccc34)n2)cc1. The Balaban J connectivity index is 0.000000117. The van der Waals surface area contributed by atoms with Crippen LogP contribution in [0.3, 0.4) is 0 Å². The van der Waals surface area contributed by atoms with E-state index >= 15 is 0 Å². The molecule has 2 spiro atoms. The van der Waals surface area contributed by atoms with Crippen LogP contribution in [0.15, 0.2) is 288 Å². The van der Waals surface area contributed by atoms with Gasteiger partial charge in [0.2, 0.25) is 0 Å². The Morgan fingerprint density at radius 3 is 1.12 bits per heavy atom. The van der Waals surface area contributed by atoms with E-state index in [1.165, 1.54) is 120 Å². The summed E-state index contributed by atoms with van der Waals surface area (Å²) in [7, 11) is -0.287. The lowest BCUT2D eigenvalue weighted by Gasteiger charge is -2.36. The van der Waals surface area contributed by atoms with Crippen LogP contribution < -0.4 is 5.46 Å². The van der Waals surface area contributed by atoms with E-state index in [2.05, 4.69) is 161 Å². The number of fused-ring (bicyclic) bond motifs is 16. The van der Waals surface area contributed by atoms with Crippen LogP contribution in [0.1, 0.15) is 114 Å². The van der Waals surface area contributed by atoms with Crippen LogP contribution in [0.5, 0.6) is 0 Å². The predicted molar refractivity (Wildman–Crippen MR) is 438 cm³/mol. The van der Waals surface area contributed by atoms with Gasteiger partial charge in [-0.15, -0.1) is 0 Å². The first-order chi connectivity index (χ1) is 52.8. The van der Waals surface area contributed by atoms with Gasteiger partial charge in [0.05, 0.1) is 22.3 Å². The third-order valence-corrected chi connectivity index (χ3v) is 24.0. The molecule has 0 radical (unpaired) electrons. The highest BCUT2D eigenvalue weighted by Crippen LogP contribution is 2.58. The maximum absolute atomic E-state index is 6.39. The summed E-state index contributed by atoms with van der Waals surface area (Å²) in [6, 6.07) is 96.7. The molecule has 2 saturated carbocycles. The number of hydrogen-bond donors (Lipinski definition) is 0. The van der Waals surface area contributed by atoms with Crippen molar-refractivity contribution < 1.29 is 18.1 Å². The average molecular weight is 1430 g/mol. The number of halogens is 1. The second-order valence-corrected chi connectivity index (χ2v) is 31.0. The van der Waals surface area contributed by atoms with Gasteiger partial charge in [-0.2, -0.15) is 0 Å². The Kier molecular flexibility index (Phi) is 16.8. The Bertz CT molecular complexity index is 6110. The maximum atomic E-state index is 6.39. The molecule has 16 aromatic rings. The largest absolute Gasteiger partial charge is 0.494 e. The molecule has 3 fully saturated rings. The molecule has 12 heteroatoms. The molecular formula is C96H78BClN6O4. The van der Waals surface area contributed by atoms with Crippen molar-refractivity contribution in [2.45, 2.75) is 114 Å². The lowest BCUT2D eigenvalue weighted by Crippen LogP contribution is -2.41. The first-order valence-electron chi connectivity index (χ1n) is 38.0. The Morgan fingerprint density at radius 1 is 0.287 bits per heavy atom. The minimum absolute atomic E-state index is 0.137. The number of hydrogen-bond acceptors (Lipinski definition) is 10. The molecule has 0 N–H and O–H groups in total. The summed E-state index contributed by atoms with van der Waals surface area (Å²) < 4.78 is 25.3. The molecule has 108 heavy (non-hydrogen) atoms. The van der Waals surface area contributed by atoms with Crippen LogP contribution in [0.25, 0.3) is 146 Å². The molecule has 526 valence electrons. The normalized spacial score (nSPS) is 16.0.